The third kappa shape index (κ3) is 5.44. The fourth-order valence-corrected chi connectivity index (χ4v) is 2.92. The summed E-state index contributed by atoms with van der Waals surface area (Å²) in [5.41, 5.74) is 2.89. The number of ether oxygens (including phenoxy) is 1. The number of nitrogens with zero attached hydrogens (tertiary/aromatic N) is 2. The molecule has 3 aromatic rings. The fraction of sp³-hybridized carbons (Fsp3) is 0.273. The van der Waals surface area contributed by atoms with Gasteiger partial charge in [-0.05, 0) is 43.8 Å². The molecule has 3 rings (SSSR count). The Morgan fingerprint density at radius 2 is 1.86 bits per heavy atom. The Morgan fingerprint density at radius 3 is 2.54 bits per heavy atom. The maximum absolute atomic E-state index is 10.7. The topological polar surface area (TPSA) is 75.8 Å². The highest BCUT2D eigenvalue weighted by Gasteiger charge is 2.11. The highest BCUT2D eigenvalue weighted by atomic mass is 16.5. The van der Waals surface area contributed by atoms with Gasteiger partial charge in [-0.2, -0.15) is 0 Å². The van der Waals surface area contributed by atoms with Gasteiger partial charge in [0.15, 0.2) is 0 Å². The molecule has 28 heavy (non-hydrogen) atoms. The molecule has 0 saturated carbocycles. The number of aromatic nitrogens is 1. The summed E-state index contributed by atoms with van der Waals surface area (Å²) in [6, 6.07) is 17.5. The van der Waals surface area contributed by atoms with Gasteiger partial charge < -0.3 is 14.3 Å². The number of carboxylic acid groups (broad SMARTS) is 1. The highest BCUT2D eigenvalue weighted by Crippen LogP contribution is 2.22. The van der Waals surface area contributed by atoms with E-state index in [0.717, 1.165) is 28.3 Å². The van der Waals surface area contributed by atoms with Crippen LogP contribution in [0, 0.1) is 6.92 Å². The van der Waals surface area contributed by atoms with Crippen LogP contribution in [-0.2, 0) is 17.8 Å². The van der Waals surface area contributed by atoms with Gasteiger partial charge in [-0.15, -0.1) is 0 Å². The van der Waals surface area contributed by atoms with Gasteiger partial charge >= 0.3 is 5.97 Å². The Hall–Kier alpha value is -3.12. The lowest BCUT2D eigenvalue weighted by molar-refractivity contribution is -0.138. The predicted molar refractivity (Wildman–Crippen MR) is 106 cm³/mol. The van der Waals surface area contributed by atoms with E-state index in [9.17, 15) is 4.79 Å². The average Bonchev–Trinajstić information content (AvgIpc) is 3.04. The van der Waals surface area contributed by atoms with Crippen LogP contribution in [0.5, 0.6) is 5.75 Å². The molecule has 0 aliphatic heterocycles. The van der Waals surface area contributed by atoms with Crippen LogP contribution in [-0.4, -0.2) is 41.2 Å². The van der Waals surface area contributed by atoms with E-state index >= 15 is 0 Å². The zero-order valence-corrected chi connectivity index (χ0v) is 16.1. The van der Waals surface area contributed by atoms with Crippen LogP contribution >= 0.6 is 0 Å². The molecule has 0 amide bonds. The first-order chi connectivity index (χ1) is 13.5. The molecule has 1 heterocycles. The number of hydrogen-bond donors (Lipinski definition) is 1. The molecule has 0 saturated heterocycles. The summed E-state index contributed by atoms with van der Waals surface area (Å²) in [6.07, 6.45) is 0.658. The lowest BCUT2D eigenvalue weighted by Gasteiger charge is -2.14. The molecule has 0 aliphatic carbocycles. The molecule has 0 spiro atoms. The number of carbonyl (C=O) groups is 1. The molecule has 146 valence electrons. The molecule has 0 atom stereocenters. The van der Waals surface area contributed by atoms with E-state index < -0.39 is 5.97 Å². The maximum atomic E-state index is 10.7. The molecule has 1 aromatic heterocycles. The van der Waals surface area contributed by atoms with Crippen molar-refractivity contribution in [3.8, 4) is 17.2 Å². The van der Waals surface area contributed by atoms with E-state index in [1.54, 1.807) is 11.9 Å². The van der Waals surface area contributed by atoms with E-state index in [1.807, 2.05) is 61.5 Å². The van der Waals surface area contributed by atoms with E-state index in [4.69, 9.17) is 14.3 Å². The fourth-order valence-electron chi connectivity index (χ4n) is 2.92. The molecule has 2 aromatic carbocycles. The first-order valence-corrected chi connectivity index (χ1v) is 9.15. The monoisotopic (exact) mass is 380 g/mol. The average molecular weight is 380 g/mol. The van der Waals surface area contributed by atoms with Crippen molar-refractivity contribution in [2.45, 2.75) is 19.9 Å². The highest BCUT2D eigenvalue weighted by molar-refractivity contribution is 5.69. The number of aliphatic carboxylic acids is 1. The van der Waals surface area contributed by atoms with Crippen LogP contribution < -0.4 is 4.74 Å². The van der Waals surface area contributed by atoms with E-state index in [-0.39, 0.29) is 6.54 Å². The van der Waals surface area contributed by atoms with Crippen LogP contribution in [0.3, 0.4) is 0 Å². The van der Waals surface area contributed by atoms with Gasteiger partial charge in [-0.3, -0.25) is 9.69 Å². The maximum Gasteiger partial charge on any atom is 0.317 e. The Balaban J connectivity index is 1.51. The quantitative estimate of drug-likeness (QED) is 0.609. The SMILES string of the molecule is Cc1oc(-c2ccccc2)nc1CCOc1ccc(CN(C)CC(=O)O)cc1. The Morgan fingerprint density at radius 1 is 1.14 bits per heavy atom. The number of benzene rings is 2. The van der Waals surface area contributed by atoms with Crippen molar-refractivity contribution in [1.82, 2.24) is 9.88 Å². The third-order valence-corrected chi connectivity index (χ3v) is 4.30. The smallest absolute Gasteiger partial charge is 0.317 e. The minimum absolute atomic E-state index is 0.0142. The first kappa shape index (κ1) is 19.6. The second kappa shape index (κ2) is 9.19. The van der Waals surface area contributed by atoms with Gasteiger partial charge in [-0.1, -0.05) is 30.3 Å². The summed E-state index contributed by atoms with van der Waals surface area (Å²) >= 11 is 0. The van der Waals surface area contributed by atoms with E-state index in [2.05, 4.69) is 4.98 Å². The molecular formula is C22H24N2O4. The van der Waals surface area contributed by atoms with Gasteiger partial charge in [0.1, 0.15) is 11.5 Å². The summed E-state index contributed by atoms with van der Waals surface area (Å²) in [5, 5.41) is 8.81. The van der Waals surface area contributed by atoms with Crippen molar-refractivity contribution in [3.05, 3.63) is 71.6 Å². The van der Waals surface area contributed by atoms with Crippen LogP contribution in [0.1, 0.15) is 17.0 Å². The van der Waals surface area contributed by atoms with E-state index in [0.29, 0.717) is 25.5 Å². The number of carboxylic acids is 1. The Labute approximate surface area is 164 Å². The van der Waals surface area contributed by atoms with Crippen LogP contribution in [0.4, 0.5) is 0 Å². The third-order valence-electron chi connectivity index (χ3n) is 4.30. The largest absolute Gasteiger partial charge is 0.493 e. The van der Waals surface area contributed by atoms with Gasteiger partial charge in [0, 0.05) is 18.5 Å². The molecular weight excluding hydrogens is 356 g/mol. The Kier molecular flexibility index (Phi) is 6.45. The Bertz CT molecular complexity index is 904. The lowest BCUT2D eigenvalue weighted by atomic mass is 10.2. The summed E-state index contributed by atoms with van der Waals surface area (Å²) in [6.45, 7) is 3.00. The van der Waals surface area contributed by atoms with E-state index in [1.165, 1.54) is 0 Å². The van der Waals surface area contributed by atoms with Crippen LogP contribution in [0.15, 0.2) is 59.0 Å². The van der Waals surface area contributed by atoms with Crippen molar-refractivity contribution in [3.63, 3.8) is 0 Å². The zero-order valence-electron chi connectivity index (χ0n) is 16.1. The molecule has 1 N–H and O–H groups in total. The molecule has 0 bridgehead atoms. The zero-order chi connectivity index (χ0) is 19.9. The van der Waals surface area contributed by atoms with Crippen LogP contribution in [0.25, 0.3) is 11.5 Å². The van der Waals surface area contributed by atoms with Crippen LogP contribution in [0.2, 0.25) is 0 Å². The van der Waals surface area contributed by atoms with Crippen molar-refractivity contribution < 1.29 is 19.1 Å². The second-order valence-corrected chi connectivity index (χ2v) is 6.70. The normalized spacial score (nSPS) is 11.0. The molecule has 0 unspecified atom stereocenters. The van der Waals surface area contributed by atoms with Gasteiger partial charge in [0.2, 0.25) is 5.89 Å². The summed E-state index contributed by atoms with van der Waals surface area (Å²) in [7, 11) is 1.78. The summed E-state index contributed by atoms with van der Waals surface area (Å²) in [5.74, 6) is 1.37. The minimum atomic E-state index is -0.832. The number of rotatable bonds is 9. The predicted octanol–water partition coefficient (Wildman–Crippen LogP) is 3.79. The number of hydrogen-bond acceptors (Lipinski definition) is 5. The number of aryl methyl sites for hydroxylation is 1. The molecule has 0 radical (unpaired) electrons. The van der Waals surface area contributed by atoms with Gasteiger partial charge in [-0.25, -0.2) is 4.98 Å². The van der Waals surface area contributed by atoms with Gasteiger partial charge in [0.25, 0.3) is 0 Å². The molecule has 6 nitrogen and oxygen atoms in total. The standard InChI is InChI=1S/C22H24N2O4/c1-16-20(23-22(28-16)18-6-4-3-5-7-18)12-13-27-19-10-8-17(9-11-19)14-24(2)15-21(25)26/h3-11H,12-15H2,1-2H3,(H,25,26). The summed E-state index contributed by atoms with van der Waals surface area (Å²) in [4.78, 5) is 17.0. The van der Waals surface area contributed by atoms with Crippen molar-refractivity contribution >= 4 is 5.97 Å². The summed E-state index contributed by atoms with van der Waals surface area (Å²) < 4.78 is 11.6. The second-order valence-electron chi connectivity index (χ2n) is 6.70. The molecule has 6 heteroatoms. The van der Waals surface area contributed by atoms with Crippen molar-refractivity contribution in [2.75, 3.05) is 20.2 Å². The number of likely N-dealkylation sites (N-methyl/N-ethyl adjacent to an activating group) is 1. The number of oxazole rings is 1. The van der Waals surface area contributed by atoms with Gasteiger partial charge in [0.05, 0.1) is 18.8 Å². The minimum Gasteiger partial charge on any atom is -0.493 e. The first-order valence-electron chi connectivity index (χ1n) is 9.15. The van der Waals surface area contributed by atoms with Crippen molar-refractivity contribution in [2.24, 2.45) is 0 Å². The van der Waals surface area contributed by atoms with Crippen molar-refractivity contribution in [1.29, 1.82) is 0 Å². The molecule has 0 fully saturated rings. The lowest BCUT2D eigenvalue weighted by Crippen LogP contribution is -2.25. The molecule has 0 aliphatic rings.